The van der Waals surface area contributed by atoms with Crippen molar-refractivity contribution in [3.8, 4) is 22.5 Å². The van der Waals surface area contributed by atoms with Crippen LogP contribution in [0, 0.1) is 0 Å². The number of H-pyrrole nitrogens is 1. The number of unbranched alkanes of at least 4 members (excludes halogenated alkanes) is 1. The van der Waals surface area contributed by atoms with Gasteiger partial charge in [-0.1, -0.05) is 92.2 Å². The van der Waals surface area contributed by atoms with Gasteiger partial charge in [-0.2, -0.15) is 14.0 Å². The third kappa shape index (κ3) is 5.82. The first-order valence-corrected chi connectivity index (χ1v) is 12.8. The van der Waals surface area contributed by atoms with Crippen molar-refractivity contribution in [3.63, 3.8) is 0 Å². The zero-order chi connectivity index (χ0) is 26.4. The van der Waals surface area contributed by atoms with Crippen molar-refractivity contribution >= 4 is 0 Å². The Hall–Kier alpha value is -4.27. The number of tetrazole rings is 1. The van der Waals surface area contributed by atoms with Crippen LogP contribution in [0.3, 0.4) is 0 Å². The van der Waals surface area contributed by atoms with Gasteiger partial charge in [0, 0.05) is 24.9 Å². The van der Waals surface area contributed by atoms with Gasteiger partial charge in [-0.05, 0) is 40.3 Å². The van der Waals surface area contributed by atoms with Gasteiger partial charge in [-0.25, -0.2) is 9.67 Å². The molecule has 0 saturated heterocycles. The average Bonchev–Trinajstić information content (AvgIpc) is 3.63. The fraction of sp³-hybridized carbons (Fsp3) is 0.276. The van der Waals surface area contributed by atoms with Crippen LogP contribution in [-0.2, 0) is 25.3 Å². The van der Waals surface area contributed by atoms with Gasteiger partial charge in [0.25, 0.3) is 0 Å². The van der Waals surface area contributed by atoms with E-state index in [1.165, 1.54) is 0 Å². The summed E-state index contributed by atoms with van der Waals surface area (Å²) < 4.78 is 31.9. The van der Waals surface area contributed by atoms with Crippen LogP contribution >= 0.6 is 0 Å². The fourth-order valence-electron chi connectivity index (χ4n) is 4.40. The second-order valence-corrected chi connectivity index (χ2v) is 9.27. The van der Waals surface area contributed by atoms with Crippen molar-refractivity contribution in [2.75, 3.05) is 0 Å². The van der Waals surface area contributed by atoms with E-state index in [-0.39, 0.29) is 12.8 Å². The van der Waals surface area contributed by atoms with Gasteiger partial charge >= 0.3 is 5.92 Å². The van der Waals surface area contributed by atoms with Crippen molar-refractivity contribution < 1.29 is 8.78 Å². The van der Waals surface area contributed by atoms with Crippen LogP contribution in [0.5, 0.6) is 0 Å². The lowest BCUT2D eigenvalue weighted by atomic mass is 9.98. The van der Waals surface area contributed by atoms with Crippen molar-refractivity contribution in [1.82, 2.24) is 35.4 Å². The lowest BCUT2D eigenvalue weighted by Gasteiger charge is -2.12. The molecule has 9 heteroatoms. The van der Waals surface area contributed by atoms with Gasteiger partial charge in [0.15, 0.2) is 0 Å². The number of alkyl halides is 2. The second-order valence-electron chi connectivity index (χ2n) is 9.27. The maximum atomic E-state index is 15.1. The minimum Gasteiger partial charge on any atom is -0.249 e. The smallest absolute Gasteiger partial charge is 0.249 e. The topological polar surface area (TPSA) is 85.2 Å². The van der Waals surface area contributed by atoms with Crippen LogP contribution in [0.1, 0.15) is 49.0 Å². The highest BCUT2D eigenvalue weighted by atomic mass is 19.3. The molecule has 0 bridgehead atoms. The monoisotopic (exact) mass is 513 g/mol. The number of benzene rings is 3. The summed E-state index contributed by atoms with van der Waals surface area (Å²) in [5, 5.41) is 18.6. The Morgan fingerprint density at radius 2 is 1.61 bits per heavy atom. The number of aromatic amines is 1. The highest BCUT2D eigenvalue weighted by Crippen LogP contribution is 2.32. The van der Waals surface area contributed by atoms with E-state index in [2.05, 4.69) is 37.6 Å². The van der Waals surface area contributed by atoms with Gasteiger partial charge < -0.3 is 0 Å². The number of halogens is 2. The molecule has 194 valence electrons. The Morgan fingerprint density at radius 3 is 2.32 bits per heavy atom. The van der Waals surface area contributed by atoms with E-state index in [9.17, 15) is 0 Å². The Balaban J connectivity index is 1.36. The molecule has 38 heavy (non-hydrogen) atoms. The molecule has 2 aromatic heterocycles. The quantitative estimate of drug-likeness (QED) is 0.226. The van der Waals surface area contributed by atoms with Crippen LogP contribution in [0.2, 0.25) is 0 Å². The number of aryl methyl sites for hydroxylation is 2. The maximum absolute atomic E-state index is 15.1. The van der Waals surface area contributed by atoms with E-state index in [0.29, 0.717) is 24.6 Å². The molecule has 0 saturated carbocycles. The third-order valence-electron chi connectivity index (χ3n) is 6.51. The first-order chi connectivity index (χ1) is 18.5. The molecule has 0 atom stereocenters. The molecular formula is C29H29F2N7. The van der Waals surface area contributed by atoms with Gasteiger partial charge in [0.1, 0.15) is 5.82 Å². The average molecular weight is 514 g/mol. The zero-order valence-electron chi connectivity index (χ0n) is 21.2. The number of hydrogen-bond donors (Lipinski definition) is 1. The molecule has 0 unspecified atom stereocenters. The molecule has 0 spiro atoms. The lowest BCUT2D eigenvalue weighted by molar-refractivity contribution is -0.0223. The van der Waals surface area contributed by atoms with E-state index in [1.807, 2.05) is 78.9 Å². The predicted octanol–water partition coefficient (Wildman–Crippen LogP) is 6.24. The molecule has 0 amide bonds. The molecule has 1 N–H and O–H groups in total. The Bertz CT molecular complexity index is 1450. The van der Waals surface area contributed by atoms with E-state index in [4.69, 9.17) is 0 Å². The minimum atomic E-state index is -3.11. The van der Waals surface area contributed by atoms with Gasteiger partial charge in [-0.15, -0.1) is 15.3 Å². The number of rotatable bonds is 11. The molecule has 3 aromatic carbocycles. The summed E-state index contributed by atoms with van der Waals surface area (Å²) in [6.07, 6.45) is 2.13. The molecule has 0 aliphatic carbocycles. The fourth-order valence-corrected chi connectivity index (χ4v) is 4.40. The summed E-state index contributed by atoms with van der Waals surface area (Å²) >= 11 is 0. The highest BCUT2D eigenvalue weighted by Gasteiger charge is 2.36. The molecule has 0 aliphatic rings. The van der Waals surface area contributed by atoms with E-state index < -0.39 is 11.7 Å². The molecule has 7 nitrogen and oxygen atoms in total. The highest BCUT2D eigenvalue weighted by molar-refractivity contribution is 5.80. The Morgan fingerprint density at radius 1 is 0.868 bits per heavy atom. The van der Waals surface area contributed by atoms with Gasteiger partial charge in [0.05, 0.1) is 0 Å². The van der Waals surface area contributed by atoms with Crippen LogP contribution in [0.4, 0.5) is 8.78 Å². The minimum absolute atomic E-state index is 0.263. The van der Waals surface area contributed by atoms with E-state index in [0.717, 1.165) is 40.7 Å². The summed E-state index contributed by atoms with van der Waals surface area (Å²) in [4.78, 5) is 4.35. The zero-order valence-corrected chi connectivity index (χ0v) is 21.2. The van der Waals surface area contributed by atoms with Crippen molar-refractivity contribution in [2.24, 2.45) is 0 Å². The normalized spacial score (nSPS) is 11.7. The van der Waals surface area contributed by atoms with Crippen molar-refractivity contribution in [3.05, 3.63) is 102 Å². The summed E-state index contributed by atoms with van der Waals surface area (Å²) in [6.45, 7) is 2.63. The van der Waals surface area contributed by atoms with Crippen molar-refractivity contribution in [1.29, 1.82) is 0 Å². The summed E-state index contributed by atoms with van der Waals surface area (Å²) in [5.74, 6) is -2.43. The standard InChI is InChI=1S/C29H29F2N7/c1-2-3-19-38-26(32-28(35-38)29(30,31)18-17-21-9-5-4-6-10-21)20-22-13-15-23(16-14-22)24-11-7-8-12-25(24)27-33-36-37-34-27/h4-16H,2-3,17-20H2,1H3,(H,33,34,36,37). The third-order valence-corrected chi connectivity index (χ3v) is 6.51. The number of nitrogens with zero attached hydrogens (tertiary/aromatic N) is 6. The summed E-state index contributed by atoms with van der Waals surface area (Å²) in [5.41, 5.74) is 4.69. The number of nitrogens with one attached hydrogen (secondary N) is 1. The predicted molar refractivity (Wildman–Crippen MR) is 141 cm³/mol. The SMILES string of the molecule is CCCCn1nc(C(F)(F)CCc2ccccc2)nc1Cc1ccc(-c2ccccc2-c2nn[nH]n2)cc1. The number of aromatic nitrogens is 7. The molecule has 0 radical (unpaired) electrons. The van der Waals surface area contributed by atoms with Crippen LogP contribution in [0.15, 0.2) is 78.9 Å². The molecule has 2 heterocycles. The number of hydrogen-bond acceptors (Lipinski definition) is 5. The first kappa shape index (κ1) is 25.4. The lowest BCUT2D eigenvalue weighted by Crippen LogP contribution is -2.17. The molecule has 5 rings (SSSR count). The summed E-state index contributed by atoms with van der Waals surface area (Å²) in [6, 6.07) is 25.2. The Labute approximate surface area is 220 Å². The molecule has 0 aliphatic heterocycles. The molecular weight excluding hydrogens is 484 g/mol. The molecule has 5 aromatic rings. The van der Waals surface area contributed by atoms with Gasteiger partial charge in [0.2, 0.25) is 11.6 Å². The van der Waals surface area contributed by atoms with E-state index in [1.54, 1.807) is 4.68 Å². The Kier molecular flexibility index (Phi) is 7.62. The van der Waals surface area contributed by atoms with Crippen LogP contribution in [-0.4, -0.2) is 35.4 Å². The largest absolute Gasteiger partial charge is 0.308 e. The van der Waals surface area contributed by atoms with Crippen molar-refractivity contribution in [2.45, 2.75) is 51.5 Å². The van der Waals surface area contributed by atoms with E-state index >= 15 is 8.78 Å². The molecule has 0 fully saturated rings. The second kappa shape index (κ2) is 11.4. The van der Waals surface area contributed by atoms with Crippen LogP contribution < -0.4 is 0 Å². The first-order valence-electron chi connectivity index (χ1n) is 12.8. The van der Waals surface area contributed by atoms with Crippen LogP contribution in [0.25, 0.3) is 22.5 Å². The maximum Gasteiger partial charge on any atom is 0.308 e. The van der Waals surface area contributed by atoms with Gasteiger partial charge in [-0.3, -0.25) is 0 Å². The summed E-state index contributed by atoms with van der Waals surface area (Å²) in [7, 11) is 0.